The van der Waals surface area contributed by atoms with Crippen LogP contribution >= 0.6 is 11.3 Å². The van der Waals surface area contributed by atoms with Gasteiger partial charge in [0.15, 0.2) is 5.13 Å². The van der Waals surface area contributed by atoms with Crippen LogP contribution in [0.4, 0.5) is 5.13 Å². The molecule has 1 aliphatic rings. The molecule has 1 atom stereocenters. The molecule has 4 heteroatoms. The summed E-state index contributed by atoms with van der Waals surface area (Å²) in [5.41, 5.74) is 1.19. The van der Waals surface area contributed by atoms with E-state index in [2.05, 4.69) is 43.4 Å². The third kappa shape index (κ3) is 4.43. The molecule has 1 N–H and O–H groups in total. The molecule has 0 bridgehead atoms. The number of aromatic nitrogens is 1. The van der Waals surface area contributed by atoms with Crippen LogP contribution in [-0.4, -0.2) is 24.6 Å². The van der Waals surface area contributed by atoms with E-state index in [9.17, 15) is 0 Å². The second-order valence-electron chi connectivity index (χ2n) is 6.42. The lowest BCUT2D eigenvalue weighted by atomic mass is 9.84. The highest BCUT2D eigenvalue weighted by molar-refractivity contribution is 7.13. The SMILES string of the molecule is CCCNC(C)c1csc(N(C)C2CCC(CC)CC2)n1. The molecular formula is C17H31N3S. The molecule has 0 aromatic carbocycles. The zero-order valence-electron chi connectivity index (χ0n) is 14.1. The van der Waals surface area contributed by atoms with Gasteiger partial charge in [0.25, 0.3) is 0 Å². The molecule has 1 aromatic rings. The van der Waals surface area contributed by atoms with Crippen LogP contribution in [0.25, 0.3) is 0 Å². The minimum atomic E-state index is 0.360. The van der Waals surface area contributed by atoms with E-state index < -0.39 is 0 Å². The highest BCUT2D eigenvalue weighted by Gasteiger charge is 2.24. The fraction of sp³-hybridized carbons (Fsp3) is 0.824. The van der Waals surface area contributed by atoms with Crippen LogP contribution in [0.3, 0.4) is 0 Å². The zero-order chi connectivity index (χ0) is 15.2. The molecule has 21 heavy (non-hydrogen) atoms. The Morgan fingerprint density at radius 1 is 1.33 bits per heavy atom. The largest absolute Gasteiger partial charge is 0.348 e. The summed E-state index contributed by atoms with van der Waals surface area (Å²) in [6.45, 7) is 7.80. The summed E-state index contributed by atoms with van der Waals surface area (Å²) in [6.07, 6.45) is 7.94. The van der Waals surface area contributed by atoms with E-state index >= 15 is 0 Å². The molecule has 2 rings (SSSR count). The number of nitrogens with zero attached hydrogens (tertiary/aromatic N) is 2. The zero-order valence-corrected chi connectivity index (χ0v) is 14.9. The van der Waals surface area contributed by atoms with Crippen molar-refractivity contribution in [3.63, 3.8) is 0 Å². The van der Waals surface area contributed by atoms with Crippen LogP contribution in [0.1, 0.15) is 71.0 Å². The van der Waals surface area contributed by atoms with Gasteiger partial charge in [0.1, 0.15) is 0 Å². The normalized spacial score (nSPS) is 24.0. The summed E-state index contributed by atoms with van der Waals surface area (Å²) in [4.78, 5) is 7.28. The van der Waals surface area contributed by atoms with Crippen molar-refractivity contribution in [3.05, 3.63) is 11.1 Å². The topological polar surface area (TPSA) is 28.2 Å². The Hall–Kier alpha value is -0.610. The van der Waals surface area contributed by atoms with Crippen LogP contribution in [-0.2, 0) is 0 Å². The quantitative estimate of drug-likeness (QED) is 0.797. The minimum absolute atomic E-state index is 0.360. The van der Waals surface area contributed by atoms with Gasteiger partial charge >= 0.3 is 0 Å². The van der Waals surface area contributed by atoms with Crippen molar-refractivity contribution in [1.29, 1.82) is 0 Å². The van der Waals surface area contributed by atoms with Gasteiger partial charge in [-0.1, -0.05) is 20.3 Å². The van der Waals surface area contributed by atoms with Crippen molar-refractivity contribution in [2.24, 2.45) is 5.92 Å². The first kappa shape index (κ1) is 16.8. The first-order valence-corrected chi connectivity index (χ1v) is 9.45. The number of anilines is 1. The van der Waals surface area contributed by atoms with Crippen molar-refractivity contribution in [2.75, 3.05) is 18.5 Å². The average molecular weight is 310 g/mol. The lowest BCUT2D eigenvalue weighted by molar-refractivity contribution is 0.313. The van der Waals surface area contributed by atoms with E-state index in [1.807, 2.05) is 0 Å². The molecule has 1 aromatic heterocycles. The maximum Gasteiger partial charge on any atom is 0.185 e. The van der Waals surface area contributed by atoms with Crippen molar-refractivity contribution in [3.8, 4) is 0 Å². The maximum atomic E-state index is 4.86. The minimum Gasteiger partial charge on any atom is -0.348 e. The Labute approximate surface area is 134 Å². The highest BCUT2D eigenvalue weighted by Crippen LogP contribution is 2.32. The number of rotatable bonds is 7. The Balaban J connectivity index is 1.91. The van der Waals surface area contributed by atoms with Crippen molar-refractivity contribution < 1.29 is 0 Å². The van der Waals surface area contributed by atoms with Gasteiger partial charge < -0.3 is 10.2 Å². The van der Waals surface area contributed by atoms with E-state index in [4.69, 9.17) is 4.98 Å². The monoisotopic (exact) mass is 309 g/mol. The number of thiazole rings is 1. The Kier molecular flexibility index (Phi) is 6.49. The Morgan fingerprint density at radius 3 is 2.67 bits per heavy atom. The van der Waals surface area contributed by atoms with Crippen LogP contribution < -0.4 is 10.2 Å². The lowest BCUT2D eigenvalue weighted by Gasteiger charge is -2.34. The molecule has 0 radical (unpaired) electrons. The van der Waals surface area contributed by atoms with Gasteiger partial charge in [-0.15, -0.1) is 11.3 Å². The Morgan fingerprint density at radius 2 is 2.05 bits per heavy atom. The summed E-state index contributed by atoms with van der Waals surface area (Å²) in [5.74, 6) is 0.958. The summed E-state index contributed by atoms with van der Waals surface area (Å²) >= 11 is 1.79. The molecule has 120 valence electrons. The van der Waals surface area contributed by atoms with Gasteiger partial charge in [-0.05, 0) is 51.5 Å². The van der Waals surface area contributed by atoms with Gasteiger partial charge in [-0.25, -0.2) is 4.98 Å². The smallest absolute Gasteiger partial charge is 0.185 e. The molecule has 0 amide bonds. The van der Waals surface area contributed by atoms with Crippen molar-refractivity contribution >= 4 is 16.5 Å². The predicted octanol–water partition coefficient (Wildman–Crippen LogP) is 4.61. The van der Waals surface area contributed by atoms with Crippen molar-refractivity contribution in [1.82, 2.24) is 10.3 Å². The summed E-state index contributed by atoms with van der Waals surface area (Å²) in [6, 6.07) is 1.05. The van der Waals surface area contributed by atoms with E-state index in [1.165, 1.54) is 49.4 Å². The predicted molar refractivity (Wildman–Crippen MR) is 93.3 cm³/mol. The molecule has 0 spiro atoms. The second-order valence-corrected chi connectivity index (χ2v) is 7.26. The third-order valence-electron chi connectivity index (χ3n) is 4.90. The van der Waals surface area contributed by atoms with Crippen LogP contribution in [0.2, 0.25) is 0 Å². The molecule has 1 heterocycles. The summed E-state index contributed by atoms with van der Waals surface area (Å²) in [5, 5.41) is 6.93. The van der Waals surface area contributed by atoms with E-state index in [0.29, 0.717) is 12.1 Å². The van der Waals surface area contributed by atoms with Gasteiger partial charge in [0.2, 0.25) is 0 Å². The first-order valence-electron chi connectivity index (χ1n) is 8.57. The van der Waals surface area contributed by atoms with Crippen LogP contribution in [0.5, 0.6) is 0 Å². The molecule has 0 aliphatic heterocycles. The fourth-order valence-corrected chi connectivity index (χ4v) is 4.16. The number of hydrogen-bond donors (Lipinski definition) is 1. The van der Waals surface area contributed by atoms with E-state index in [0.717, 1.165) is 12.5 Å². The molecule has 1 aliphatic carbocycles. The molecule has 3 nitrogen and oxygen atoms in total. The van der Waals surface area contributed by atoms with E-state index in [1.54, 1.807) is 11.3 Å². The van der Waals surface area contributed by atoms with Gasteiger partial charge in [0, 0.05) is 24.5 Å². The molecular weight excluding hydrogens is 278 g/mol. The number of hydrogen-bond acceptors (Lipinski definition) is 4. The number of nitrogens with one attached hydrogen (secondary N) is 1. The average Bonchev–Trinajstić information content (AvgIpc) is 3.02. The third-order valence-corrected chi connectivity index (χ3v) is 5.85. The molecule has 1 saturated carbocycles. The van der Waals surface area contributed by atoms with Crippen LogP contribution in [0, 0.1) is 5.92 Å². The Bertz CT molecular complexity index is 410. The van der Waals surface area contributed by atoms with Gasteiger partial charge in [-0.2, -0.15) is 0 Å². The molecule has 1 fully saturated rings. The summed E-state index contributed by atoms with van der Waals surface area (Å²) in [7, 11) is 2.23. The molecule has 0 saturated heterocycles. The highest BCUT2D eigenvalue weighted by atomic mass is 32.1. The first-order chi connectivity index (χ1) is 10.2. The van der Waals surface area contributed by atoms with Gasteiger partial charge in [0.05, 0.1) is 5.69 Å². The molecule has 1 unspecified atom stereocenters. The van der Waals surface area contributed by atoms with Gasteiger partial charge in [-0.3, -0.25) is 0 Å². The fourth-order valence-electron chi connectivity index (χ4n) is 3.20. The van der Waals surface area contributed by atoms with Crippen LogP contribution in [0.15, 0.2) is 5.38 Å². The second kappa shape index (κ2) is 8.14. The standard InChI is InChI=1S/C17H31N3S/c1-5-11-18-13(3)16-12-21-17(19-16)20(4)15-9-7-14(6-2)8-10-15/h12-15,18H,5-11H2,1-4H3. The van der Waals surface area contributed by atoms with E-state index in [-0.39, 0.29) is 0 Å². The lowest BCUT2D eigenvalue weighted by Crippen LogP contribution is -2.35. The van der Waals surface area contributed by atoms with Crippen molar-refractivity contribution in [2.45, 2.75) is 71.4 Å². The summed E-state index contributed by atoms with van der Waals surface area (Å²) < 4.78 is 0. The maximum absolute atomic E-state index is 4.86.